The van der Waals surface area contributed by atoms with Crippen LogP contribution < -0.4 is 5.32 Å². The standard InChI is InChI=1S/C7H10IN3/c1-2-3-9-7-10-4-6(8)5-11-7/h4-5H,2-3H2,1H3,(H,9,10,11). The van der Waals surface area contributed by atoms with Gasteiger partial charge in [0.05, 0.1) is 0 Å². The van der Waals surface area contributed by atoms with E-state index in [-0.39, 0.29) is 0 Å². The van der Waals surface area contributed by atoms with Crippen LogP contribution in [-0.2, 0) is 0 Å². The van der Waals surface area contributed by atoms with Crippen LogP contribution in [0.15, 0.2) is 12.4 Å². The van der Waals surface area contributed by atoms with Crippen molar-refractivity contribution in [1.29, 1.82) is 0 Å². The highest BCUT2D eigenvalue weighted by molar-refractivity contribution is 14.1. The summed E-state index contributed by atoms with van der Waals surface area (Å²) in [5.74, 6) is 0.715. The molecule has 0 radical (unpaired) electrons. The summed E-state index contributed by atoms with van der Waals surface area (Å²) in [6, 6.07) is 0. The first-order valence-electron chi connectivity index (χ1n) is 3.54. The molecule has 60 valence electrons. The summed E-state index contributed by atoms with van der Waals surface area (Å²) in [6.45, 7) is 3.04. The summed E-state index contributed by atoms with van der Waals surface area (Å²) in [5, 5.41) is 3.10. The molecule has 0 aromatic carbocycles. The number of hydrogen-bond donors (Lipinski definition) is 1. The van der Waals surface area contributed by atoms with Gasteiger partial charge < -0.3 is 5.32 Å². The average molecular weight is 263 g/mol. The highest BCUT2D eigenvalue weighted by Crippen LogP contribution is 2.02. The lowest BCUT2D eigenvalue weighted by molar-refractivity contribution is 0.951. The molecule has 1 N–H and O–H groups in total. The molecule has 1 rings (SSSR count). The predicted octanol–water partition coefficient (Wildman–Crippen LogP) is 1.90. The van der Waals surface area contributed by atoms with Gasteiger partial charge in [-0.2, -0.15) is 0 Å². The second-order valence-corrected chi connectivity index (χ2v) is 3.40. The van der Waals surface area contributed by atoms with E-state index in [4.69, 9.17) is 0 Å². The number of nitrogens with zero attached hydrogens (tertiary/aromatic N) is 2. The number of anilines is 1. The third kappa shape index (κ3) is 3.00. The molecule has 0 aliphatic heterocycles. The van der Waals surface area contributed by atoms with Gasteiger partial charge in [0.1, 0.15) is 0 Å². The van der Waals surface area contributed by atoms with Crippen molar-refractivity contribution < 1.29 is 0 Å². The second-order valence-electron chi connectivity index (χ2n) is 2.15. The van der Waals surface area contributed by atoms with E-state index in [2.05, 4.69) is 44.8 Å². The van der Waals surface area contributed by atoms with Gasteiger partial charge in [0.15, 0.2) is 0 Å². The van der Waals surface area contributed by atoms with Gasteiger partial charge in [-0.1, -0.05) is 6.92 Å². The first-order chi connectivity index (χ1) is 5.33. The van der Waals surface area contributed by atoms with Crippen molar-refractivity contribution in [1.82, 2.24) is 9.97 Å². The molecule has 0 saturated heterocycles. The van der Waals surface area contributed by atoms with Gasteiger partial charge in [0.25, 0.3) is 0 Å². The van der Waals surface area contributed by atoms with E-state index >= 15 is 0 Å². The number of aromatic nitrogens is 2. The van der Waals surface area contributed by atoms with E-state index in [0.717, 1.165) is 16.5 Å². The lowest BCUT2D eigenvalue weighted by atomic mass is 10.5. The Morgan fingerprint density at radius 2 is 2.09 bits per heavy atom. The van der Waals surface area contributed by atoms with Crippen molar-refractivity contribution in [3.05, 3.63) is 16.0 Å². The van der Waals surface area contributed by atoms with Crippen molar-refractivity contribution >= 4 is 28.5 Å². The van der Waals surface area contributed by atoms with Gasteiger partial charge in [-0.25, -0.2) is 9.97 Å². The molecule has 0 bridgehead atoms. The molecule has 0 aliphatic rings. The Morgan fingerprint density at radius 3 is 2.64 bits per heavy atom. The summed E-state index contributed by atoms with van der Waals surface area (Å²) in [6.07, 6.45) is 4.69. The fourth-order valence-electron chi connectivity index (χ4n) is 0.640. The topological polar surface area (TPSA) is 37.8 Å². The summed E-state index contributed by atoms with van der Waals surface area (Å²) in [4.78, 5) is 8.17. The van der Waals surface area contributed by atoms with Crippen LogP contribution in [0.5, 0.6) is 0 Å². The van der Waals surface area contributed by atoms with Crippen LogP contribution in [0.2, 0.25) is 0 Å². The zero-order valence-corrected chi connectivity index (χ0v) is 8.50. The molecule has 1 aromatic heterocycles. The Labute approximate surface area is 79.8 Å². The van der Waals surface area contributed by atoms with Gasteiger partial charge in [-0.3, -0.25) is 0 Å². The maximum Gasteiger partial charge on any atom is 0.222 e. The molecule has 0 aliphatic carbocycles. The molecule has 11 heavy (non-hydrogen) atoms. The van der Waals surface area contributed by atoms with Crippen LogP contribution in [0.4, 0.5) is 5.95 Å². The van der Waals surface area contributed by atoms with Gasteiger partial charge in [0.2, 0.25) is 5.95 Å². The Kier molecular flexibility index (Phi) is 3.55. The first kappa shape index (κ1) is 8.70. The molecular weight excluding hydrogens is 253 g/mol. The van der Waals surface area contributed by atoms with Crippen molar-refractivity contribution in [2.24, 2.45) is 0 Å². The van der Waals surface area contributed by atoms with Crippen molar-refractivity contribution in [3.63, 3.8) is 0 Å². The molecule has 0 unspecified atom stereocenters. The third-order valence-corrected chi connectivity index (χ3v) is 1.71. The summed E-state index contributed by atoms with van der Waals surface area (Å²) < 4.78 is 1.06. The lowest BCUT2D eigenvalue weighted by Crippen LogP contribution is -2.03. The number of nitrogens with one attached hydrogen (secondary N) is 1. The molecule has 4 heteroatoms. The van der Waals surface area contributed by atoms with Crippen molar-refractivity contribution in [2.45, 2.75) is 13.3 Å². The smallest absolute Gasteiger partial charge is 0.222 e. The average Bonchev–Trinajstić information content (AvgIpc) is 2.04. The Balaban J connectivity index is 2.52. The lowest BCUT2D eigenvalue weighted by Gasteiger charge is -2.00. The highest BCUT2D eigenvalue weighted by atomic mass is 127. The maximum absolute atomic E-state index is 4.09. The normalized spacial score (nSPS) is 9.64. The zero-order valence-electron chi connectivity index (χ0n) is 6.34. The molecule has 0 amide bonds. The molecule has 1 aromatic rings. The van der Waals surface area contributed by atoms with Crippen LogP contribution >= 0.6 is 22.6 Å². The van der Waals surface area contributed by atoms with Gasteiger partial charge in [0, 0.05) is 22.5 Å². The highest BCUT2D eigenvalue weighted by Gasteiger charge is 1.91. The number of hydrogen-bond acceptors (Lipinski definition) is 3. The summed E-state index contributed by atoms with van der Waals surface area (Å²) in [7, 11) is 0. The van der Waals surface area contributed by atoms with Crippen molar-refractivity contribution in [3.8, 4) is 0 Å². The summed E-state index contributed by atoms with van der Waals surface area (Å²) in [5.41, 5.74) is 0. The molecular formula is C7H10IN3. The third-order valence-electron chi connectivity index (χ3n) is 1.15. The van der Waals surface area contributed by atoms with Gasteiger partial charge in [-0.15, -0.1) is 0 Å². The van der Waals surface area contributed by atoms with E-state index in [1.807, 2.05) is 0 Å². The maximum atomic E-state index is 4.09. The van der Waals surface area contributed by atoms with E-state index in [1.165, 1.54) is 0 Å². The Morgan fingerprint density at radius 1 is 1.45 bits per heavy atom. The van der Waals surface area contributed by atoms with Crippen molar-refractivity contribution in [2.75, 3.05) is 11.9 Å². The Hall–Kier alpha value is -0.390. The van der Waals surface area contributed by atoms with E-state index < -0.39 is 0 Å². The summed E-state index contributed by atoms with van der Waals surface area (Å²) >= 11 is 2.18. The van der Waals surface area contributed by atoms with Gasteiger partial charge >= 0.3 is 0 Å². The first-order valence-corrected chi connectivity index (χ1v) is 4.62. The van der Waals surface area contributed by atoms with Crippen LogP contribution in [0, 0.1) is 3.57 Å². The minimum absolute atomic E-state index is 0.715. The number of halogens is 1. The minimum Gasteiger partial charge on any atom is -0.354 e. The quantitative estimate of drug-likeness (QED) is 0.846. The zero-order chi connectivity index (χ0) is 8.10. The van der Waals surface area contributed by atoms with Crippen LogP contribution in [0.1, 0.15) is 13.3 Å². The minimum atomic E-state index is 0.715. The fraction of sp³-hybridized carbons (Fsp3) is 0.429. The second kappa shape index (κ2) is 4.48. The Bertz CT molecular complexity index is 209. The van der Waals surface area contributed by atoms with Gasteiger partial charge in [-0.05, 0) is 29.0 Å². The van der Waals surface area contributed by atoms with Crippen LogP contribution in [-0.4, -0.2) is 16.5 Å². The predicted molar refractivity (Wildman–Crippen MR) is 53.5 cm³/mol. The van der Waals surface area contributed by atoms with Crippen LogP contribution in [0.3, 0.4) is 0 Å². The number of rotatable bonds is 3. The fourth-order valence-corrected chi connectivity index (χ4v) is 0.919. The molecule has 0 atom stereocenters. The van der Waals surface area contributed by atoms with E-state index in [0.29, 0.717) is 5.95 Å². The largest absolute Gasteiger partial charge is 0.354 e. The van der Waals surface area contributed by atoms with E-state index in [9.17, 15) is 0 Å². The van der Waals surface area contributed by atoms with Crippen LogP contribution in [0.25, 0.3) is 0 Å². The molecule has 1 heterocycles. The molecule has 0 spiro atoms. The molecule has 0 fully saturated rings. The molecule has 0 saturated carbocycles. The monoisotopic (exact) mass is 263 g/mol. The molecule has 3 nitrogen and oxygen atoms in total. The van der Waals surface area contributed by atoms with E-state index in [1.54, 1.807) is 12.4 Å². The SMILES string of the molecule is CCCNc1ncc(I)cn1.